The minimum atomic E-state index is -0.488. The first-order valence-electron chi connectivity index (χ1n) is 4.83. The predicted octanol–water partition coefficient (Wildman–Crippen LogP) is 3.14. The third-order valence-corrected chi connectivity index (χ3v) is 3.60. The molecular weight excluding hydrogens is 322 g/mol. The summed E-state index contributed by atoms with van der Waals surface area (Å²) in [5.74, 6) is -0.846. The van der Waals surface area contributed by atoms with E-state index >= 15 is 0 Å². The van der Waals surface area contributed by atoms with E-state index in [9.17, 15) is 9.59 Å². The molecule has 7 heteroatoms. The van der Waals surface area contributed by atoms with Crippen molar-refractivity contribution in [3.05, 3.63) is 39.6 Å². The van der Waals surface area contributed by atoms with E-state index in [2.05, 4.69) is 26.0 Å². The van der Waals surface area contributed by atoms with Crippen LogP contribution in [0.5, 0.6) is 0 Å². The monoisotopic (exact) mass is 329 g/mol. The molecule has 94 valence electrons. The van der Waals surface area contributed by atoms with Crippen molar-refractivity contribution >= 4 is 44.1 Å². The van der Waals surface area contributed by atoms with Gasteiger partial charge in [-0.15, -0.1) is 11.3 Å². The lowest BCUT2D eigenvalue weighted by atomic mass is 10.3. The van der Waals surface area contributed by atoms with Crippen LogP contribution in [-0.2, 0) is 4.74 Å². The van der Waals surface area contributed by atoms with Gasteiger partial charge in [0.1, 0.15) is 5.00 Å². The third-order valence-electron chi connectivity index (χ3n) is 2.16. The van der Waals surface area contributed by atoms with Crippen LogP contribution in [-0.4, -0.2) is 19.0 Å². The summed E-state index contributed by atoms with van der Waals surface area (Å²) in [6.07, 6.45) is 1.40. The molecule has 2 aromatic heterocycles. The Balaban J connectivity index is 2.20. The van der Waals surface area contributed by atoms with Crippen LogP contribution in [0.3, 0.4) is 0 Å². The van der Waals surface area contributed by atoms with Crippen molar-refractivity contribution in [2.75, 3.05) is 12.4 Å². The van der Waals surface area contributed by atoms with Crippen LogP contribution >= 0.6 is 27.3 Å². The molecular formula is C11H8BrNO4S. The van der Waals surface area contributed by atoms with Crippen molar-refractivity contribution in [1.29, 1.82) is 0 Å². The minimum Gasteiger partial charge on any atom is -0.465 e. The molecule has 0 aromatic carbocycles. The Morgan fingerprint density at radius 1 is 1.39 bits per heavy atom. The number of carbonyl (C=O) groups is 2. The van der Waals surface area contributed by atoms with Crippen LogP contribution in [0.2, 0.25) is 0 Å². The summed E-state index contributed by atoms with van der Waals surface area (Å²) in [6, 6.07) is 3.13. The lowest BCUT2D eigenvalue weighted by molar-refractivity contribution is 0.0602. The van der Waals surface area contributed by atoms with Crippen LogP contribution in [0.1, 0.15) is 20.7 Å². The maximum Gasteiger partial charge on any atom is 0.340 e. The maximum absolute atomic E-state index is 11.9. The standard InChI is InChI=1S/C11H8BrNO4S/c1-16-11(15)7-3-5-18-10(7)13-9(14)6-2-4-17-8(6)12/h2-5H,1H3,(H,13,14). The van der Waals surface area contributed by atoms with E-state index in [1.54, 1.807) is 11.4 Å². The largest absolute Gasteiger partial charge is 0.465 e. The summed E-state index contributed by atoms with van der Waals surface area (Å²) in [4.78, 5) is 23.3. The molecule has 0 aliphatic rings. The van der Waals surface area contributed by atoms with Gasteiger partial charge in [0.15, 0.2) is 4.67 Å². The molecule has 0 bridgehead atoms. The van der Waals surface area contributed by atoms with Gasteiger partial charge in [0.2, 0.25) is 0 Å². The Hall–Kier alpha value is -1.60. The van der Waals surface area contributed by atoms with E-state index in [1.807, 2.05) is 0 Å². The Morgan fingerprint density at radius 3 is 2.78 bits per heavy atom. The summed E-state index contributed by atoms with van der Waals surface area (Å²) in [5.41, 5.74) is 0.690. The average Bonchev–Trinajstić information content (AvgIpc) is 2.97. The average molecular weight is 330 g/mol. The SMILES string of the molecule is COC(=O)c1ccsc1NC(=O)c1ccoc1Br. The Bertz CT molecular complexity index is 589. The smallest absolute Gasteiger partial charge is 0.340 e. The van der Waals surface area contributed by atoms with Crippen LogP contribution < -0.4 is 5.32 Å². The highest BCUT2D eigenvalue weighted by molar-refractivity contribution is 9.10. The Labute approximate surface area is 115 Å². The summed E-state index contributed by atoms with van der Waals surface area (Å²) in [7, 11) is 1.29. The molecule has 1 amide bonds. The van der Waals surface area contributed by atoms with Crippen molar-refractivity contribution in [2.45, 2.75) is 0 Å². The highest BCUT2D eigenvalue weighted by atomic mass is 79.9. The van der Waals surface area contributed by atoms with Gasteiger partial charge in [-0.25, -0.2) is 4.79 Å². The number of carbonyl (C=O) groups excluding carboxylic acids is 2. The highest BCUT2D eigenvalue weighted by Crippen LogP contribution is 2.26. The topological polar surface area (TPSA) is 68.5 Å². The molecule has 2 heterocycles. The van der Waals surface area contributed by atoms with E-state index < -0.39 is 5.97 Å². The number of nitrogens with one attached hydrogen (secondary N) is 1. The van der Waals surface area contributed by atoms with E-state index in [0.29, 0.717) is 20.8 Å². The number of halogens is 1. The van der Waals surface area contributed by atoms with Crippen molar-refractivity contribution in [1.82, 2.24) is 0 Å². The first kappa shape index (κ1) is 12.8. The lowest BCUT2D eigenvalue weighted by Gasteiger charge is -2.03. The number of esters is 1. The molecule has 0 saturated carbocycles. The fourth-order valence-corrected chi connectivity index (χ4v) is 2.49. The second-order valence-corrected chi connectivity index (χ2v) is 4.85. The first-order valence-corrected chi connectivity index (χ1v) is 6.51. The van der Waals surface area contributed by atoms with Gasteiger partial charge in [-0.1, -0.05) is 0 Å². The molecule has 2 aromatic rings. The van der Waals surface area contributed by atoms with Crippen molar-refractivity contribution in [3.8, 4) is 0 Å². The zero-order valence-corrected chi connectivity index (χ0v) is 11.6. The minimum absolute atomic E-state index is 0.329. The van der Waals surface area contributed by atoms with Gasteiger partial charge in [0.05, 0.1) is 24.5 Å². The molecule has 0 saturated heterocycles. The van der Waals surface area contributed by atoms with E-state index in [0.717, 1.165) is 0 Å². The third kappa shape index (κ3) is 2.46. The summed E-state index contributed by atoms with van der Waals surface area (Å²) < 4.78 is 9.93. The first-order chi connectivity index (χ1) is 8.63. The van der Waals surface area contributed by atoms with Crippen molar-refractivity contribution in [3.63, 3.8) is 0 Å². The highest BCUT2D eigenvalue weighted by Gasteiger charge is 2.18. The molecule has 5 nitrogen and oxygen atoms in total. The van der Waals surface area contributed by atoms with E-state index in [1.165, 1.54) is 30.8 Å². The number of furan rings is 1. The second-order valence-electron chi connectivity index (χ2n) is 3.22. The van der Waals surface area contributed by atoms with Gasteiger partial charge in [-0.2, -0.15) is 0 Å². The second kappa shape index (κ2) is 5.36. The molecule has 0 fully saturated rings. The maximum atomic E-state index is 11.9. The number of hydrogen-bond donors (Lipinski definition) is 1. The number of anilines is 1. The molecule has 0 spiro atoms. The van der Waals surface area contributed by atoms with Gasteiger partial charge in [0.25, 0.3) is 5.91 Å². The Morgan fingerprint density at radius 2 is 2.17 bits per heavy atom. The lowest BCUT2D eigenvalue weighted by Crippen LogP contribution is -2.13. The molecule has 2 rings (SSSR count). The van der Waals surface area contributed by atoms with Gasteiger partial charge in [-0.3, -0.25) is 4.79 Å². The number of hydrogen-bond acceptors (Lipinski definition) is 5. The molecule has 18 heavy (non-hydrogen) atoms. The summed E-state index contributed by atoms with van der Waals surface area (Å²) in [5, 5.41) is 4.78. The van der Waals surface area contributed by atoms with Crippen LogP contribution in [0.4, 0.5) is 5.00 Å². The number of rotatable bonds is 3. The summed E-state index contributed by atoms with van der Waals surface area (Å²) >= 11 is 4.36. The van der Waals surface area contributed by atoms with E-state index in [-0.39, 0.29) is 5.91 Å². The molecule has 0 aliphatic heterocycles. The molecule has 0 atom stereocenters. The summed E-state index contributed by atoms with van der Waals surface area (Å²) in [6.45, 7) is 0. The zero-order chi connectivity index (χ0) is 13.1. The number of amides is 1. The van der Waals surface area contributed by atoms with Gasteiger partial charge in [-0.05, 0) is 33.4 Å². The molecule has 1 N–H and O–H groups in total. The quantitative estimate of drug-likeness (QED) is 0.878. The van der Waals surface area contributed by atoms with Crippen LogP contribution in [0.25, 0.3) is 0 Å². The molecule has 0 radical (unpaired) electrons. The molecule has 0 aliphatic carbocycles. The normalized spacial score (nSPS) is 10.1. The van der Waals surface area contributed by atoms with Crippen molar-refractivity contribution in [2.24, 2.45) is 0 Å². The van der Waals surface area contributed by atoms with Gasteiger partial charge >= 0.3 is 5.97 Å². The van der Waals surface area contributed by atoms with Gasteiger partial charge in [0, 0.05) is 0 Å². The van der Waals surface area contributed by atoms with E-state index in [4.69, 9.17) is 4.42 Å². The fraction of sp³-hybridized carbons (Fsp3) is 0.0909. The number of ether oxygens (including phenoxy) is 1. The number of thiophene rings is 1. The predicted molar refractivity (Wildman–Crippen MR) is 70.0 cm³/mol. The Kier molecular flexibility index (Phi) is 3.83. The number of methoxy groups -OCH3 is 1. The van der Waals surface area contributed by atoms with Crippen LogP contribution in [0, 0.1) is 0 Å². The molecule has 0 unspecified atom stereocenters. The van der Waals surface area contributed by atoms with Gasteiger partial charge < -0.3 is 14.5 Å². The fourth-order valence-electron chi connectivity index (χ4n) is 1.30. The van der Waals surface area contributed by atoms with Crippen LogP contribution in [0.15, 0.2) is 32.9 Å². The van der Waals surface area contributed by atoms with Crippen molar-refractivity contribution < 1.29 is 18.7 Å². The zero-order valence-electron chi connectivity index (χ0n) is 9.23.